The maximum Gasteiger partial charge on any atom is 0.426 e. The van der Waals surface area contributed by atoms with Gasteiger partial charge in [0.25, 0.3) is 15.9 Å². The predicted octanol–water partition coefficient (Wildman–Crippen LogP) is 2.58. The zero-order valence-corrected chi connectivity index (χ0v) is 14.6. The second-order valence-corrected chi connectivity index (χ2v) is 7.14. The molecule has 1 amide bonds. The molecule has 2 aromatic rings. The van der Waals surface area contributed by atoms with E-state index in [4.69, 9.17) is 9.57 Å². The van der Waals surface area contributed by atoms with Gasteiger partial charge in [-0.25, -0.2) is 13.2 Å². The number of para-hydroxylation sites is 1. The standard InChI is InChI=1S/C17H16N2O6S/c1-12-6-5-9-14(16-18-25-11-10-24-16)15(12)26(22,23)19(17(20)21)13-7-3-2-4-8-13/h2-9H,10-11H2,1H3,(H,20,21). The van der Waals surface area contributed by atoms with E-state index in [0.717, 1.165) is 0 Å². The molecule has 1 aliphatic rings. The highest BCUT2D eigenvalue weighted by molar-refractivity contribution is 7.93. The van der Waals surface area contributed by atoms with Crippen LogP contribution in [0.15, 0.2) is 58.6 Å². The molecule has 3 rings (SSSR count). The Labute approximate surface area is 150 Å². The van der Waals surface area contributed by atoms with Crippen LogP contribution in [0.3, 0.4) is 0 Å². The van der Waals surface area contributed by atoms with Gasteiger partial charge in [0.2, 0.25) is 0 Å². The third-order valence-electron chi connectivity index (χ3n) is 3.67. The lowest BCUT2D eigenvalue weighted by Gasteiger charge is -2.23. The highest BCUT2D eigenvalue weighted by Crippen LogP contribution is 2.29. The second-order valence-electron chi connectivity index (χ2n) is 5.42. The summed E-state index contributed by atoms with van der Waals surface area (Å²) in [6.45, 7) is 2.04. The van der Waals surface area contributed by atoms with Crippen LogP contribution in [0, 0.1) is 6.92 Å². The lowest BCUT2D eigenvalue weighted by atomic mass is 10.1. The first kappa shape index (κ1) is 17.7. The fourth-order valence-corrected chi connectivity index (χ4v) is 4.30. The molecule has 0 saturated heterocycles. The first-order valence-electron chi connectivity index (χ1n) is 7.69. The number of sulfonamides is 1. The van der Waals surface area contributed by atoms with E-state index in [1.165, 1.54) is 18.2 Å². The van der Waals surface area contributed by atoms with Gasteiger partial charge in [0.15, 0.2) is 6.61 Å². The van der Waals surface area contributed by atoms with Gasteiger partial charge in [0, 0.05) is 0 Å². The summed E-state index contributed by atoms with van der Waals surface area (Å²) < 4.78 is 32.2. The van der Waals surface area contributed by atoms with Crippen LogP contribution in [0.5, 0.6) is 0 Å². The number of carboxylic acid groups (broad SMARTS) is 1. The van der Waals surface area contributed by atoms with E-state index in [0.29, 0.717) is 9.87 Å². The molecule has 1 aliphatic heterocycles. The van der Waals surface area contributed by atoms with Crippen LogP contribution < -0.4 is 4.31 Å². The Hall–Kier alpha value is -3.07. The van der Waals surface area contributed by atoms with E-state index in [-0.39, 0.29) is 35.3 Å². The van der Waals surface area contributed by atoms with Crippen LogP contribution in [0.2, 0.25) is 0 Å². The van der Waals surface area contributed by atoms with Gasteiger partial charge in [-0.1, -0.05) is 30.3 Å². The second kappa shape index (κ2) is 7.04. The van der Waals surface area contributed by atoms with E-state index in [1.807, 2.05) is 0 Å². The van der Waals surface area contributed by atoms with Crippen molar-refractivity contribution < 1.29 is 27.9 Å². The largest absolute Gasteiger partial charge is 0.471 e. The Bertz CT molecular complexity index is 956. The van der Waals surface area contributed by atoms with Gasteiger partial charge in [-0.15, -0.1) is 0 Å². The zero-order chi connectivity index (χ0) is 18.7. The van der Waals surface area contributed by atoms with Crippen LogP contribution >= 0.6 is 0 Å². The molecule has 0 unspecified atom stereocenters. The summed E-state index contributed by atoms with van der Waals surface area (Å²) in [4.78, 5) is 16.6. The predicted molar refractivity (Wildman–Crippen MR) is 93.8 cm³/mol. The third-order valence-corrected chi connectivity index (χ3v) is 5.57. The Kier molecular flexibility index (Phi) is 4.81. The van der Waals surface area contributed by atoms with E-state index in [2.05, 4.69) is 5.16 Å². The minimum absolute atomic E-state index is 0.00285. The van der Waals surface area contributed by atoms with Crippen LogP contribution in [0.25, 0.3) is 0 Å². The van der Waals surface area contributed by atoms with Crippen molar-refractivity contribution >= 4 is 27.7 Å². The Morgan fingerprint density at radius 1 is 1.12 bits per heavy atom. The molecule has 0 bridgehead atoms. The fraction of sp³-hybridized carbons (Fsp3) is 0.176. The number of benzene rings is 2. The number of nitrogens with zero attached hydrogens (tertiary/aromatic N) is 2. The minimum Gasteiger partial charge on any atom is -0.471 e. The molecule has 26 heavy (non-hydrogen) atoms. The van der Waals surface area contributed by atoms with E-state index >= 15 is 0 Å². The van der Waals surface area contributed by atoms with E-state index in [1.54, 1.807) is 37.3 Å². The van der Waals surface area contributed by atoms with Crippen LogP contribution in [-0.2, 0) is 19.6 Å². The van der Waals surface area contributed by atoms with Gasteiger partial charge in [0.1, 0.15) is 11.5 Å². The minimum atomic E-state index is -4.45. The molecule has 0 fully saturated rings. The van der Waals surface area contributed by atoms with Crippen molar-refractivity contribution in [2.75, 3.05) is 17.5 Å². The van der Waals surface area contributed by atoms with Crippen LogP contribution in [0.1, 0.15) is 11.1 Å². The number of amides is 1. The number of hydrogen-bond acceptors (Lipinski definition) is 6. The molecule has 0 aliphatic carbocycles. The monoisotopic (exact) mass is 376 g/mol. The highest BCUT2D eigenvalue weighted by atomic mass is 32.2. The molecule has 2 aromatic carbocycles. The van der Waals surface area contributed by atoms with Crippen molar-refractivity contribution in [3.63, 3.8) is 0 Å². The molecule has 1 heterocycles. The maximum atomic E-state index is 13.3. The summed E-state index contributed by atoms with van der Waals surface area (Å²) >= 11 is 0. The number of aryl methyl sites for hydroxylation is 1. The summed E-state index contributed by atoms with van der Waals surface area (Å²) in [5, 5.41) is 13.3. The molecule has 0 spiro atoms. The summed E-state index contributed by atoms with van der Waals surface area (Å²) in [6, 6.07) is 12.3. The van der Waals surface area contributed by atoms with Gasteiger partial charge in [-0.05, 0) is 35.8 Å². The number of anilines is 1. The molecule has 0 saturated carbocycles. The average molecular weight is 376 g/mol. The molecule has 0 radical (unpaired) electrons. The molecule has 9 heteroatoms. The topological polar surface area (TPSA) is 106 Å². The van der Waals surface area contributed by atoms with Gasteiger partial charge in [-0.3, -0.25) is 0 Å². The normalized spacial score (nSPS) is 14.0. The third kappa shape index (κ3) is 3.21. The molecular formula is C17H16N2O6S. The van der Waals surface area contributed by atoms with Crippen molar-refractivity contribution in [2.45, 2.75) is 11.8 Å². The lowest BCUT2D eigenvalue weighted by Crippen LogP contribution is -2.37. The quantitative estimate of drug-likeness (QED) is 0.879. The Morgan fingerprint density at radius 3 is 2.46 bits per heavy atom. The molecule has 8 nitrogen and oxygen atoms in total. The smallest absolute Gasteiger partial charge is 0.426 e. The van der Waals surface area contributed by atoms with Crippen molar-refractivity contribution in [1.29, 1.82) is 0 Å². The van der Waals surface area contributed by atoms with Gasteiger partial charge in [-0.2, -0.15) is 4.31 Å². The van der Waals surface area contributed by atoms with Crippen molar-refractivity contribution in [2.24, 2.45) is 5.16 Å². The molecule has 0 aromatic heterocycles. The Balaban J connectivity index is 2.21. The van der Waals surface area contributed by atoms with Gasteiger partial charge >= 0.3 is 6.09 Å². The number of carbonyl (C=O) groups is 1. The van der Waals surface area contributed by atoms with Crippen LogP contribution in [-0.4, -0.2) is 38.7 Å². The maximum absolute atomic E-state index is 13.3. The number of ether oxygens (including phenoxy) is 1. The molecule has 0 atom stereocenters. The average Bonchev–Trinajstić information content (AvgIpc) is 2.62. The summed E-state index contributed by atoms with van der Waals surface area (Å²) in [5.74, 6) is -0.00285. The molecule has 1 N–H and O–H groups in total. The summed E-state index contributed by atoms with van der Waals surface area (Å²) in [6.07, 6.45) is -1.62. The SMILES string of the molecule is Cc1cccc(C2=NOCCO2)c1S(=O)(=O)N(C(=O)O)c1ccccc1. The van der Waals surface area contributed by atoms with Crippen molar-refractivity contribution in [3.8, 4) is 0 Å². The number of rotatable bonds is 4. The highest BCUT2D eigenvalue weighted by Gasteiger charge is 2.35. The van der Waals surface area contributed by atoms with E-state index in [9.17, 15) is 18.3 Å². The number of hydrogen-bond donors (Lipinski definition) is 1. The Morgan fingerprint density at radius 2 is 1.85 bits per heavy atom. The van der Waals surface area contributed by atoms with Gasteiger partial charge in [0.05, 0.1) is 11.3 Å². The van der Waals surface area contributed by atoms with E-state index < -0.39 is 16.1 Å². The van der Waals surface area contributed by atoms with Crippen molar-refractivity contribution in [3.05, 3.63) is 59.7 Å². The first-order chi connectivity index (χ1) is 12.4. The summed E-state index contributed by atoms with van der Waals surface area (Å²) in [7, 11) is -4.45. The first-order valence-corrected chi connectivity index (χ1v) is 9.13. The number of oxime groups is 1. The summed E-state index contributed by atoms with van der Waals surface area (Å²) in [5.41, 5.74) is 0.519. The fourth-order valence-electron chi connectivity index (χ4n) is 2.60. The zero-order valence-electron chi connectivity index (χ0n) is 13.8. The molecule has 136 valence electrons. The van der Waals surface area contributed by atoms with Crippen LogP contribution in [0.4, 0.5) is 10.5 Å². The van der Waals surface area contributed by atoms with Gasteiger partial charge < -0.3 is 14.7 Å². The lowest BCUT2D eigenvalue weighted by molar-refractivity contribution is 0.0653. The van der Waals surface area contributed by atoms with Crippen molar-refractivity contribution in [1.82, 2.24) is 0 Å². The molecular weight excluding hydrogens is 360 g/mol.